The molecule has 0 amide bonds. The quantitative estimate of drug-likeness (QED) is 0.534. The van der Waals surface area contributed by atoms with Crippen LogP contribution in [0, 0.1) is 13.8 Å². The van der Waals surface area contributed by atoms with E-state index in [0.29, 0.717) is 34.0 Å². The van der Waals surface area contributed by atoms with Crippen molar-refractivity contribution < 1.29 is 17.9 Å². The van der Waals surface area contributed by atoms with Gasteiger partial charge in [0.05, 0.1) is 29.5 Å². The molecule has 3 rings (SSSR count). The highest BCUT2D eigenvalue weighted by Gasteiger charge is 2.21. The van der Waals surface area contributed by atoms with Crippen molar-refractivity contribution >= 4 is 9.84 Å². The van der Waals surface area contributed by atoms with E-state index in [9.17, 15) is 13.2 Å². The SMILES string of the molecule is COc1cccc(C)c1Oc1nc(CS(=O)(=O)C(C)C)cc(-c2cc(C)c(=O)n(C)c2)n1. The maximum Gasteiger partial charge on any atom is 0.322 e. The van der Waals surface area contributed by atoms with Crippen LogP contribution in [0.15, 0.2) is 41.3 Å². The number of pyridine rings is 1. The van der Waals surface area contributed by atoms with E-state index in [4.69, 9.17) is 9.47 Å². The van der Waals surface area contributed by atoms with Gasteiger partial charge in [-0.15, -0.1) is 0 Å². The Balaban J connectivity index is 2.16. The van der Waals surface area contributed by atoms with Gasteiger partial charge in [0.25, 0.3) is 5.56 Å². The molecule has 32 heavy (non-hydrogen) atoms. The van der Waals surface area contributed by atoms with Gasteiger partial charge in [-0.3, -0.25) is 4.79 Å². The molecule has 1 aromatic carbocycles. The largest absolute Gasteiger partial charge is 0.493 e. The predicted molar refractivity (Wildman–Crippen MR) is 123 cm³/mol. The van der Waals surface area contributed by atoms with Gasteiger partial charge in [0.2, 0.25) is 0 Å². The molecular weight excluding hydrogens is 430 g/mol. The van der Waals surface area contributed by atoms with Crippen molar-refractivity contribution in [1.29, 1.82) is 0 Å². The van der Waals surface area contributed by atoms with Crippen LogP contribution in [0.2, 0.25) is 0 Å². The molecule has 0 bridgehead atoms. The van der Waals surface area contributed by atoms with Crippen LogP contribution in [-0.2, 0) is 22.6 Å². The molecule has 0 unspecified atom stereocenters. The lowest BCUT2D eigenvalue weighted by molar-refractivity contribution is 0.366. The van der Waals surface area contributed by atoms with Crippen LogP contribution in [0.3, 0.4) is 0 Å². The Morgan fingerprint density at radius 2 is 1.81 bits per heavy atom. The van der Waals surface area contributed by atoms with Gasteiger partial charge in [-0.05, 0) is 51.5 Å². The molecule has 0 aliphatic rings. The minimum atomic E-state index is -3.41. The monoisotopic (exact) mass is 457 g/mol. The van der Waals surface area contributed by atoms with E-state index >= 15 is 0 Å². The van der Waals surface area contributed by atoms with Crippen molar-refractivity contribution in [2.45, 2.75) is 38.7 Å². The molecule has 0 fully saturated rings. The van der Waals surface area contributed by atoms with Gasteiger partial charge in [-0.25, -0.2) is 8.42 Å². The number of nitrogens with zero attached hydrogens (tertiary/aromatic N) is 3. The number of para-hydroxylation sites is 1. The van der Waals surface area contributed by atoms with Gasteiger partial charge in [-0.1, -0.05) is 12.1 Å². The first-order valence-corrected chi connectivity index (χ1v) is 11.8. The third-order valence-corrected chi connectivity index (χ3v) is 7.21. The van der Waals surface area contributed by atoms with E-state index in [-0.39, 0.29) is 17.3 Å². The predicted octanol–water partition coefficient (Wildman–Crippen LogP) is 3.58. The molecule has 0 saturated heterocycles. The summed E-state index contributed by atoms with van der Waals surface area (Å²) < 4.78 is 37.9. The fourth-order valence-corrected chi connectivity index (χ4v) is 4.03. The number of aromatic nitrogens is 3. The average Bonchev–Trinajstić information content (AvgIpc) is 2.72. The molecule has 0 saturated carbocycles. The van der Waals surface area contributed by atoms with Crippen LogP contribution in [0.4, 0.5) is 0 Å². The number of hydrogen-bond acceptors (Lipinski definition) is 7. The number of benzene rings is 1. The fraction of sp³-hybridized carbons (Fsp3) is 0.348. The summed E-state index contributed by atoms with van der Waals surface area (Å²) >= 11 is 0. The highest BCUT2D eigenvalue weighted by atomic mass is 32.2. The average molecular weight is 458 g/mol. The smallest absolute Gasteiger partial charge is 0.322 e. The van der Waals surface area contributed by atoms with E-state index in [1.54, 1.807) is 52.2 Å². The first-order chi connectivity index (χ1) is 15.0. The lowest BCUT2D eigenvalue weighted by atomic mass is 10.1. The van der Waals surface area contributed by atoms with Gasteiger partial charge in [0.15, 0.2) is 21.3 Å². The number of ether oxygens (including phenoxy) is 2. The second kappa shape index (κ2) is 9.12. The summed E-state index contributed by atoms with van der Waals surface area (Å²) in [6.45, 7) is 6.83. The maximum atomic E-state index is 12.6. The standard InChI is InChI=1S/C23H27N3O5S/c1-14(2)32(28,29)13-18-11-19(17-10-16(4)22(27)26(5)12-17)25-23(24-18)31-21-15(3)8-7-9-20(21)30-6/h7-12,14H,13H2,1-6H3. The van der Waals surface area contributed by atoms with Crippen molar-refractivity contribution in [3.05, 3.63) is 63.7 Å². The second-order valence-electron chi connectivity index (χ2n) is 7.92. The van der Waals surface area contributed by atoms with Crippen molar-refractivity contribution in [2.24, 2.45) is 7.05 Å². The number of methoxy groups -OCH3 is 1. The fourth-order valence-electron chi connectivity index (χ4n) is 3.14. The number of rotatable bonds is 7. The minimum absolute atomic E-state index is 0.00411. The topological polar surface area (TPSA) is 100 Å². The zero-order chi connectivity index (χ0) is 23.6. The van der Waals surface area contributed by atoms with E-state index in [1.165, 1.54) is 11.7 Å². The first kappa shape index (κ1) is 23.5. The Bertz CT molecular complexity index is 1290. The molecule has 0 N–H and O–H groups in total. The van der Waals surface area contributed by atoms with Gasteiger partial charge in [0.1, 0.15) is 0 Å². The third kappa shape index (κ3) is 4.99. The Hall–Kier alpha value is -3.20. The van der Waals surface area contributed by atoms with Gasteiger partial charge in [0, 0.05) is 24.4 Å². The maximum absolute atomic E-state index is 12.6. The summed E-state index contributed by atoms with van der Waals surface area (Å²) in [5, 5.41) is -0.554. The van der Waals surface area contributed by atoms with Crippen LogP contribution < -0.4 is 15.0 Å². The molecule has 0 radical (unpaired) electrons. The highest BCUT2D eigenvalue weighted by Crippen LogP contribution is 2.34. The van der Waals surface area contributed by atoms with Gasteiger partial charge >= 0.3 is 6.01 Å². The molecule has 170 valence electrons. The summed E-state index contributed by atoms with van der Waals surface area (Å²) in [7, 11) is -0.223. The van der Waals surface area contributed by atoms with Crippen LogP contribution in [0.25, 0.3) is 11.3 Å². The zero-order valence-electron chi connectivity index (χ0n) is 19.0. The van der Waals surface area contributed by atoms with Gasteiger partial charge < -0.3 is 14.0 Å². The Kier molecular flexibility index (Phi) is 6.68. The summed E-state index contributed by atoms with van der Waals surface area (Å²) in [4.78, 5) is 21.0. The summed E-state index contributed by atoms with van der Waals surface area (Å²) in [5.41, 5.74) is 2.65. The summed E-state index contributed by atoms with van der Waals surface area (Å²) in [5.74, 6) is 0.696. The minimum Gasteiger partial charge on any atom is -0.493 e. The van der Waals surface area contributed by atoms with Crippen molar-refractivity contribution in [3.63, 3.8) is 0 Å². The zero-order valence-corrected chi connectivity index (χ0v) is 19.9. The molecular formula is C23H27N3O5S. The summed E-state index contributed by atoms with van der Waals surface area (Å²) in [6.07, 6.45) is 1.65. The van der Waals surface area contributed by atoms with Crippen molar-refractivity contribution in [1.82, 2.24) is 14.5 Å². The van der Waals surface area contributed by atoms with Crippen molar-refractivity contribution in [3.8, 4) is 28.8 Å². The number of hydrogen-bond donors (Lipinski definition) is 0. The lowest BCUT2D eigenvalue weighted by Gasteiger charge is -2.14. The molecule has 0 spiro atoms. The van der Waals surface area contributed by atoms with E-state index in [1.807, 2.05) is 19.1 Å². The van der Waals surface area contributed by atoms with Crippen LogP contribution in [-0.4, -0.2) is 35.3 Å². The van der Waals surface area contributed by atoms with Crippen LogP contribution in [0.1, 0.15) is 30.7 Å². The van der Waals surface area contributed by atoms with E-state index < -0.39 is 15.1 Å². The number of aryl methyl sites for hydroxylation is 3. The first-order valence-electron chi connectivity index (χ1n) is 10.1. The molecule has 0 atom stereocenters. The molecule has 8 nitrogen and oxygen atoms in total. The van der Waals surface area contributed by atoms with E-state index in [2.05, 4.69) is 9.97 Å². The third-order valence-electron chi connectivity index (χ3n) is 5.07. The summed E-state index contributed by atoms with van der Waals surface area (Å²) in [6, 6.07) is 8.78. The van der Waals surface area contributed by atoms with E-state index in [0.717, 1.165) is 5.56 Å². The van der Waals surface area contributed by atoms with Gasteiger partial charge in [-0.2, -0.15) is 9.97 Å². The second-order valence-corrected chi connectivity index (χ2v) is 10.5. The Labute approximate surface area is 187 Å². The Morgan fingerprint density at radius 3 is 2.44 bits per heavy atom. The molecule has 0 aliphatic carbocycles. The van der Waals surface area contributed by atoms with Crippen molar-refractivity contribution in [2.75, 3.05) is 7.11 Å². The van der Waals surface area contributed by atoms with Crippen LogP contribution in [0.5, 0.6) is 17.5 Å². The lowest BCUT2D eigenvalue weighted by Crippen LogP contribution is -2.19. The Morgan fingerprint density at radius 1 is 1.09 bits per heavy atom. The molecule has 0 aliphatic heterocycles. The normalized spacial score (nSPS) is 11.6. The molecule has 2 heterocycles. The molecule has 3 aromatic rings. The molecule has 2 aromatic heterocycles. The molecule has 9 heteroatoms. The number of sulfone groups is 1. The van der Waals surface area contributed by atoms with Crippen LogP contribution >= 0.6 is 0 Å². The highest BCUT2D eigenvalue weighted by molar-refractivity contribution is 7.91.